The summed E-state index contributed by atoms with van der Waals surface area (Å²) >= 11 is 0. The van der Waals surface area contributed by atoms with Crippen LogP contribution in [0.5, 0.6) is 0 Å². The highest BCUT2D eigenvalue weighted by Crippen LogP contribution is 2.03. The number of amides is 2. The molecule has 0 aliphatic heterocycles. The van der Waals surface area contributed by atoms with Crippen LogP contribution in [0.25, 0.3) is 0 Å². The molecule has 0 aliphatic rings. The molecule has 2 atom stereocenters. The molecule has 106 valence electrons. The lowest BCUT2D eigenvalue weighted by atomic mass is 10.1. The third-order valence-electron chi connectivity index (χ3n) is 2.85. The van der Waals surface area contributed by atoms with Gasteiger partial charge in [0.05, 0.1) is 12.5 Å². The summed E-state index contributed by atoms with van der Waals surface area (Å²) in [5.41, 5.74) is 0. The summed E-state index contributed by atoms with van der Waals surface area (Å²) in [6.45, 7) is 5.03. The number of carbonyl (C=O) groups excluding carboxylic acids is 1. The normalized spacial score (nSPS) is 13.8. The van der Waals surface area contributed by atoms with Gasteiger partial charge in [-0.3, -0.25) is 4.79 Å². The van der Waals surface area contributed by atoms with E-state index in [9.17, 15) is 9.59 Å². The average Bonchev–Trinajstić information content (AvgIpc) is 2.33. The van der Waals surface area contributed by atoms with Gasteiger partial charge >= 0.3 is 12.0 Å². The zero-order valence-electron chi connectivity index (χ0n) is 11.6. The number of carboxylic acids is 1. The van der Waals surface area contributed by atoms with Crippen LogP contribution in [0.4, 0.5) is 4.79 Å². The number of ether oxygens (including phenoxy) is 1. The Labute approximate surface area is 108 Å². The van der Waals surface area contributed by atoms with Crippen LogP contribution in [-0.4, -0.2) is 55.4 Å². The number of hydrogen-bond acceptors (Lipinski definition) is 3. The first-order valence-electron chi connectivity index (χ1n) is 6.14. The quantitative estimate of drug-likeness (QED) is 0.686. The van der Waals surface area contributed by atoms with Gasteiger partial charge in [0.2, 0.25) is 0 Å². The molecule has 0 fully saturated rings. The van der Waals surface area contributed by atoms with Crippen molar-refractivity contribution >= 4 is 12.0 Å². The second-order valence-electron chi connectivity index (χ2n) is 4.54. The van der Waals surface area contributed by atoms with Crippen molar-refractivity contribution in [3.63, 3.8) is 0 Å². The van der Waals surface area contributed by atoms with Crippen LogP contribution in [-0.2, 0) is 9.53 Å². The molecule has 0 bridgehead atoms. The summed E-state index contributed by atoms with van der Waals surface area (Å²) in [5, 5.41) is 11.3. The van der Waals surface area contributed by atoms with E-state index in [1.54, 1.807) is 11.9 Å². The van der Waals surface area contributed by atoms with Crippen LogP contribution < -0.4 is 5.32 Å². The molecule has 2 N–H and O–H groups in total. The minimum atomic E-state index is -0.941. The van der Waals surface area contributed by atoms with Crippen molar-refractivity contribution in [2.45, 2.75) is 32.8 Å². The lowest BCUT2D eigenvalue weighted by Gasteiger charge is -2.22. The van der Waals surface area contributed by atoms with Gasteiger partial charge in [-0.1, -0.05) is 20.3 Å². The summed E-state index contributed by atoms with van der Waals surface area (Å²) in [4.78, 5) is 23.8. The zero-order chi connectivity index (χ0) is 14.1. The van der Waals surface area contributed by atoms with Crippen LogP contribution in [0.2, 0.25) is 0 Å². The first kappa shape index (κ1) is 16.7. The molecule has 0 radical (unpaired) electrons. The van der Waals surface area contributed by atoms with Gasteiger partial charge in [0, 0.05) is 27.2 Å². The fraction of sp³-hybridized carbons (Fsp3) is 0.833. The second-order valence-corrected chi connectivity index (χ2v) is 4.54. The molecule has 0 aliphatic carbocycles. The van der Waals surface area contributed by atoms with Crippen LogP contribution in [0.15, 0.2) is 0 Å². The number of urea groups is 1. The number of nitrogens with zero attached hydrogens (tertiary/aromatic N) is 1. The number of hydrogen-bond donors (Lipinski definition) is 2. The number of methoxy groups -OCH3 is 1. The van der Waals surface area contributed by atoms with Crippen LogP contribution in [0, 0.1) is 5.92 Å². The summed E-state index contributed by atoms with van der Waals surface area (Å²) in [6.07, 6.45) is 0.395. The fourth-order valence-electron chi connectivity index (χ4n) is 1.45. The van der Waals surface area contributed by atoms with Gasteiger partial charge in [0.1, 0.15) is 0 Å². The topological polar surface area (TPSA) is 78.9 Å². The molecule has 6 nitrogen and oxygen atoms in total. The summed E-state index contributed by atoms with van der Waals surface area (Å²) in [5.74, 6) is -0.498. The molecular weight excluding hydrogens is 236 g/mol. The summed E-state index contributed by atoms with van der Waals surface area (Å²) in [7, 11) is 3.16. The molecular formula is C12H24N2O4. The molecule has 0 spiro atoms. The van der Waals surface area contributed by atoms with E-state index < -0.39 is 12.1 Å². The highest BCUT2D eigenvalue weighted by molar-refractivity contribution is 5.74. The number of rotatable bonds is 8. The average molecular weight is 260 g/mol. The Hall–Kier alpha value is -1.30. The van der Waals surface area contributed by atoms with Crippen molar-refractivity contribution in [3.8, 4) is 0 Å². The van der Waals surface area contributed by atoms with E-state index >= 15 is 0 Å². The molecule has 2 amide bonds. The van der Waals surface area contributed by atoms with E-state index in [1.807, 2.05) is 0 Å². The lowest BCUT2D eigenvalue weighted by Crippen LogP contribution is -2.43. The van der Waals surface area contributed by atoms with Gasteiger partial charge in [-0.05, 0) is 5.92 Å². The highest BCUT2D eigenvalue weighted by atomic mass is 16.5. The van der Waals surface area contributed by atoms with Crippen molar-refractivity contribution < 1.29 is 19.4 Å². The van der Waals surface area contributed by atoms with E-state index in [2.05, 4.69) is 19.2 Å². The maximum absolute atomic E-state index is 11.7. The second kappa shape index (κ2) is 8.74. The predicted molar refractivity (Wildman–Crippen MR) is 68.5 cm³/mol. The van der Waals surface area contributed by atoms with Gasteiger partial charge in [-0.25, -0.2) is 4.79 Å². The molecule has 0 heterocycles. The van der Waals surface area contributed by atoms with Crippen LogP contribution in [0.1, 0.15) is 26.7 Å². The molecule has 2 unspecified atom stereocenters. The van der Waals surface area contributed by atoms with E-state index in [4.69, 9.17) is 9.84 Å². The Kier molecular flexibility index (Phi) is 8.11. The Bertz CT molecular complexity index is 271. The fourth-order valence-corrected chi connectivity index (χ4v) is 1.45. The standard InChI is InChI=1S/C12H24N2O4/c1-5-9(2)8-14(3)12(17)13-7-10(18-4)6-11(15)16/h9-10H,5-8H2,1-4H3,(H,13,17)(H,15,16). The lowest BCUT2D eigenvalue weighted by molar-refractivity contribution is -0.139. The number of carboxylic acid groups (broad SMARTS) is 1. The number of carbonyl (C=O) groups is 2. The van der Waals surface area contributed by atoms with Gasteiger partial charge in [0.25, 0.3) is 0 Å². The predicted octanol–water partition coefficient (Wildman–Crippen LogP) is 1.16. The van der Waals surface area contributed by atoms with E-state index in [1.165, 1.54) is 7.11 Å². The molecule has 0 aromatic heterocycles. The SMILES string of the molecule is CCC(C)CN(C)C(=O)NCC(CC(=O)O)OC. The van der Waals surface area contributed by atoms with Gasteiger partial charge in [-0.2, -0.15) is 0 Å². The van der Waals surface area contributed by atoms with E-state index in [0.29, 0.717) is 12.5 Å². The molecule has 0 aromatic carbocycles. The third kappa shape index (κ3) is 7.11. The number of aliphatic carboxylic acids is 1. The Balaban J connectivity index is 4.03. The third-order valence-corrected chi connectivity index (χ3v) is 2.85. The molecule has 0 saturated heterocycles. The van der Waals surface area contributed by atoms with Crippen molar-refractivity contribution in [1.29, 1.82) is 0 Å². The molecule has 18 heavy (non-hydrogen) atoms. The molecule has 6 heteroatoms. The monoisotopic (exact) mass is 260 g/mol. The Morgan fingerprint density at radius 1 is 1.44 bits per heavy atom. The minimum Gasteiger partial charge on any atom is -0.481 e. The first-order chi connectivity index (χ1) is 8.40. The molecule has 0 aromatic rings. The maximum Gasteiger partial charge on any atom is 0.317 e. The highest BCUT2D eigenvalue weighted by Gasteiger charge is 2.16. The maximum atomic E-state index is 11.7. The van der Waals surface area contributed by atoms with Crippen molar-refractivity contribution in [3.05, 3.63) is 0 Å². The van der Waals surface area contributed by atoms with Crippen molar-refractivity contribution in [2.75, 3.05) is 27.2 Å². The first-order valence-corrected chi connectivity index (χ1v) is 6.14. The minimum absolute atomic E-state index is 0.119. The van der Waals surface area contributed by atoms with Crippen molar-refractivity contribution in [2.24, 2.45) is 5.92 Å². The van der Waals surface area contributed by atoms with Crippen LogP contribution >= 0.6 is 0 Å². The van der Waals surface area contributed by atoms with Gasteiger partial charge < -0.3 is 20.1 Å². The van der Waals surface area contributed by atoms with E-state index in [0.717, 1.165) is 6.42 Å². The van der Waals surface area contributed by atoms with E-state index in [-0.39, 0.29) is 19.0 Å². The smallest absolute Gasteiger partial charge is 0.317 e. The number of nitrogens with one attached hydrogen (secondary N) is 1. The summed E-state index contributed by atoms with van der Waals surface area (Å²) in [6, 6.07) is -0.206. The van der Waals surface area contributed by atoms with Crippen molar-refractivity contribution in [1.82, 2.24) is 10.2 Å². The largest absolute Gasteiger partial charge is 0.481 e. The molecule has 0 rings (SSSR count). The van der Waals surface area contributed by atoms with Gasteiger partial charge in [-0.15, -0.1) is 0 Å². The Morgan fingerprint density at radius 3 is 2.50 bits per heavy atom. The zero-order valence-corrected chi connectivity index (χ0v) is 11.6. The van der Waals surface area contributed by atoms with Gasteiger partial charge in [0.15, 0.2) is 0 Å². The molecule has 0 saturated carbocycles. The van der Waals surface area contributed by atoms with Crippen LogP contribution in [0.3, 0.4) is 0 Å². The Morgan fingerprint density at radius 2 is 2.06 bits per heavy atom. The summed E-state index contributed by atoms with van der Waals surface area (Å²) < 4.78 is 4.98.